The van der Waals surface area contributed by atoms with Gasteiger partial charge in [0.25, 0.3) is 0 Å². The van der Waals surface area contributed by atoms with Gasteiger partial charge in [0.05, 0.1) is 19.3 Å². The van der Waals surface area contributed by atoms with E-state index >= 15 is 0 Å². The van der Waals surface area contributed by atoms with Crippen molar-refractivity contribution < 1.29 is 45.0 Å². The van der Waals surface area contributed by atoms with Crippen molar-refractivity contribution in [3.05, 3.63) is 23.8 Å². The Kier molecular flexibility index (Phi) is 16.9. The summed E-state index contributed by atoms with van der Waals surface area (Å²) in [6.07, 6.45) is 5.72. The van der Waals surface area contributed by atoms with E-state index in [0.717, 1.165) is 63.1 Å². The summed E-state index contributed by atoms with van der Waals surface area (Å²) in [6, 6.07) is 6.54. The molecule has 2 saturated heterocycles. The number of nitrogens with zero attached hydrogens (tertiary/aromatic N) is 2. The molecule has 12 heteroatoms. The maximum absolute atomic E-state index is 12.7. The number of benzene rings is 1. The van der Waals surface area contributed by atoms with Gasteiger partial charge in [0.15, 0.2) is 0 Å². The number of anilines is 1. The van der Waals surface area contributed by atoms with Gasteiger partial charge in [-0.15, -0.1) is 0 Å². The molecular weight excluding hydrogens is 699 g/mol. The quantitative estimate of drug-likeness (QED) is 0.231. The number of thiol groups is 2. The summed E-state index contributed by atoms with van der Waals surface area (Å²) in [4.78, 5) is 29.6. The van der Waals surface area contributed by atoms with Crippen LogP contribution in [-0.4, -0.2) is 91.3 Å². The van der Waals surface area contributed by atoms with Gasteiger partial charge < -0.3 is 20.3 Å². The standard InChI is InChI=1S/C26H42N4O4S2.O.Re/c1-19-7-8-24(33-2)23(15-19)28-26(32)34-22-16-20-5-3-6-21(17-22)30(20)11-4-10-29(12-14-36)18-25(31)27-9-13-35;;/h7-8,15,20-22,35-36H,3-6,9-14,16-18H2,1-2H3,(H,27,31)(H,28,32);;/q;-2;. The molecule has 0 aromatic heterocycles. The molecule has 2 aliphatic rings. The molecule has 2 unspecified atom stereocenters. The van der Waals surface area contributed by atoms with E-state index in [9.17, 15) is 9.59 Å². The molecule has 1 radical (unpaired) electrons. The predicted molar refractivity (Wildman–Crippen MR) is 151 cm³/mol. The van der Waals surface area contributed by atoms with E-state index in [1.54, 1.807) is 7.11 Å². The van der Waals surface area contributed by atoms with Crippen LogP contribution >= 0.6 is 25.3 Å². The molecule has 1 aromatic rings. The summed E-state index contributed by atoms with van der Waals surface area (Å²) in [7, 11) is 1.59. The summed E-state index contributed by atoms with van der Waals surface area (Å²) < 4.78 is 11.2. The first-order valence-electron chi connectivity index (χ1n) is 13.0. The molecule has 3 rings (SSSR count). The normalized spacial score (nSPS) is 20.6. The van der Waals surface area contributed by atoms with Crippen LogP contribution in [0.2, 0.25) is 0 Å². The number of hydrogen-bond acceptors (Lipinski definition) is 8. The van der Waals surface area contributed by atoms with E-state index in [1.165, 1.54) is 6.42 Å². The summed E-state index contributed by atoms with van der Waals surface area (Å²) >= 11 is 8.51. The number of nitrogens with one attached hydrogen (secondary N) is 2. The van der Waals surface area contributed by atoms with Crippen LogP contribution in [0.1, 0.15) is 44.1 Å². The summed E-state index contributed by atoms with van der Waals surface area (Å²) in [5, 5.41) is 5.76. The number of amides is 2. The third-order valence-electron chi connectivity index (χ3n) is 7.06. The molecule has 0 saturated carbocycles. The molecule has 2 amide bonds. The second kappa shape index (κ2) is 18.4. The van der Waals surface area contributed by atoms with Gasteiger partial charge in [0.1, 0.15) is 11.9 Å². The van der Waals surface area contributed by atoms with Crippen molar-refractivity contribution in [3.63, 3.8) is 0 Å². The van der Waals surface area contributed by atoms with E-state index < -0.39 is 6.09 Å². The summed E-state index contributed by atoms with van der Waals surface area (Å²) in [5.41, 5.74) is 1.67. The summed E-state index contributed by atoms with van der Waals surface area (Å²) in [5.74, 6) is 2.03. The number of hydrogen-bond donors (Lipinski definition) is 4. The van der Waals surface area contributed by atoms with Crippen LogP contribution in [0.15, 0.2) is 18.2 Å². The molecule has 0 aliphatic carbocycles. The maximum Gasteiger partial charge on any atom is 0.412 e. The Morgan fingerprint density at radius 2 is 1.84 bits per heavy atom. The van der Waals surface area contributed by atoms with E-state index in [0.29, 0.717) is 42.4 Å². The Hall–Kier alpha value is -0.998. The topological polar surface area (TPSA) is 112 Å². The van der Waals surface area contributed by atoms with Crippen molar-refractivity contribution in [3.8, 4) is 5.75 Å². The minimum atomic E-state index is -0.422. The third-order valence-corrected chi connectivity index (χ3v) is 7.48. The van der Waals surface area contributed by atoms with Gasteiger partial charge in [-0.1, -0.05) is 12.5 Å². The Bertz CT molecular complexity index is 855. The molecule has 1 aromatic carbocycles. The van der Waals surface area contributed by atoms with Gasteiger partial charge in [0, 0.05) is 69.9 Å². The van der Waals surface area contributed by atoms with Crippen molar-refractivity contribution in [2.24, 2.45) is 0 Å². The fourth-order valence-corrected chi connectivity index (χ4v) is 5.84. The molecule has 2 N–H and O–H groups in total. The van der Waals surface area contributed by atoms with Gasteiger partial charge >= 0.3 is 6.09 Å². The summed E-state index contributed by atoms with van der Waals surface area (Å²) in [6.45, 7) is 5.62. The van der Waals surface area contributed by atoms with Crippen molar-refractivity contribution in [2.75, 3.05) is 56.7 Å². The van der Waals surface area contributed by atoms with E-state index in [-0.39, 0.29) is 37.9 Å². The first-order chi connectivity index (χ1) is 17.4. The molecule has 217 valence electrons. The van der Waals surface area contributed by atoms with Crippen LogP contribution in [0.25, 0.3) is 0 Å². The fraction of sp³-hybridized carbons (Fsp3) is 0.692. The van der Waals surface area contributed by atoms with Crippen LogP contribution in [0.4, 0.5) is 10.5 Å². The van der Waals surface area contributed by atoms with Crippen molar-refractivity contribution >= 4 is 42.9 Å². The first kappa shape index (κ1) is 35.0. The second-order valence-electron chi connectivity index (χ2n) is 9.73. The smallest absolute Gasteiger partial charge is 0.412 e. The van der Waals surface area contributed by atoms with Crippen LogP contribution in [0.3, 0.4) is 0 Å². The van der Waals surface area contributed by atoms with Crippen LogP contribution in [0.5, 0.6) is 5.75 Å². The van der Waals surface area contributed by atoms with Crippen LogP contribution in [0, 0.1) is 6.92 Å². The minimum absolute atomic E-state index is 0. The number of methoxy groups -OCH3 is 1. The monoisotopic (exact) mass is 741 g/mol. The van der Waals surface area contributed by atoms with Gasteiger partial charge in [-0.25, -0.2) is 4.79 Å². The van der Waals surface area contributed by atoms with E-state index in [2.05, 4.69) is 45.7 Å². The molecule has 0 spiro atoms. The zero-order chi connectivity index (χ0) is 25.9. The molecule has 9 nitrogen and oxygen atoms in total. The van der Waals surface area contributed by atoms with Gasteiger partial charge in [-0.3, -0.25) is 19.9 Å². The van der Waals surface area contributed by atoms with E-state index in [4.69, 9.17) is 9.47 Å². The number of rotatable bonds is 13. The van der Waals surface area contributed by atoms with Gasteiger partial charge in [0.2, 0.25) is 5.91 Å². The second-order valence-corrected chi connectivity index (χ2v) is 10.6. The Labute approximate surface area is 251 Å². The molecule has 2 bridgehead atoms. The Morgan fingerprint density at radius 1 is 1.13 bits per heavy atom. The van der Waals surface area contributed by atoms with Crippen molar-refractivity contribution in [1.29, 1.82) is 0 Å². The average Bonchev–Trinajstić information content (AvgIpc) is 2.83. The molecule has 2 fully saturated rings. The number of fused-ring (bicyclic) bond motifs is 2. The molecular formula is C26H42N4O5ReS2-2. The van der Waals surface area contributed by atoms with Crippen LogP contribution < -0.4 is 15.4 Å². The molecule has 2 heterocycles. The first-order valence-corrected chi connectivity index (χ1v) is 14.3. The Morgan fingerprint density at radius 3 is 2.47 bits per heavy atom. The third kappa shape index (κ3) is 10.9. The van der Waals surface area contributed by atoms with Crippen LogP contribution in [-0.2, 0) is 35.4 Å². The molecule has 2 aliphatic heterocycles. The number of carbonyl (C=O) groups excluding carboxylic acids is 2. The number of ether oxygens (including phenoxy) is 2. The minimum Gasteiger partial charge on any atom is -2.00 e. The number of aryl methyl sites for hydroxylation is 1. The largest absolute Gasteiger partial charge is 2.00 e. The zero-order valence-corrected chi connectivity index (χ0v) is 26.9. The van der Waals surface area contributed by atoms with E-state index in [1.807, 2.05) is 25.1 Å². The zero-order valence-electron chi connectivity index (χ0n) is 22.4. The van der Waals surface area contributed by atoms with Crippen molar-refractivity contribution in [2.45, 2.75) is 63.6 Å². The maximum atomic E-state index is 12.7. The number of piperidine rings is 2. The fourth-order valence-electron chi connectivity index (χ4n) is 5.44. The Balaban J connectivity index is 0.00000361. The molecule has 2 atom stereocenters. The van der Waals surface area contributed by atoms with Gasteiger partial charge in [-0.2, -0.15) is 25.3 Å². The van der Waals surface area contributed by atoms with Crippen molar-refractivity contribution in [1.82, 2.24) is 15.1 Å². The molecule has 38 heavy (non-hydrogen) atoms. The van der Waals surface area contributed by atoms with Gasteiger partial charge in [-0.05, 0) is 57.0 Å². The predicted octanol–water partition coefficient (Wildman–Crippen LogP) is 3.48. The number of carbonyl (C=O) groups is 2. The average molecular weight is 741 g/mol. The SMILES string of the molecule is COc1ccc(C)cc1NC(=O)OC1CC2CCCC(C1)N2CCCN(CCS)CC(=O)NCCS.[O-2].[Re].